The maximum absolute atomic E-state index is 9.00. The summed E-state index contributed by atoms with van der Waals surface area (Å²) in [6.45, 7) is 2.17. The van der Waals surface area contributed by atoms with Crippen LogP contribution in [0.25, 0.3) is 0 Å². The molecule has 0 radical (unpaired) electrons. The van der Waals surface area contributed by atoms with Gasteiger partial charge in [-0.1, -0.05) is 54.6 Å². The van der Waals surface area contributed by atoms with Crippen molar-refractivity contribution in [2.24, 2.45) is 0 Å². The molecule has 0 aliphatic heterocycles. The molecule has 3 rings (SSSR count). The van der Waals surface area contributed by atoms with Crippen LogP contribution in [0.1, 0.15) is 13.8 Å². The van der Waals surface area contributed by atoms with Crippen LogP contribution in [0.5, 0.6) is 0 Å². The largest absolute Gasteiger partial charge is 0.481 e. The Balaban J connectivity index is 0.000000697. The maximum Gasteiger partial charge on any atom is 0.300 e. The third-order valence-corrected chi connectivity index (χ3v) is 5.92. The van der Waals surface area contributed by atoms with Gasteiger partial charge in [0.15, 0.2) is 0 Å². The molecule has 0 saturated carbocycles. The first-order valence-electron chi connectivity index (χ1n) is 8.34. The Morgan fingerprint density at radius 1 is 0.571 bits per heavy atom. The Morgan fingerprint density at radius 2 is 0.750 bits per heavy atom. The van der Waals surface area contributed by atoms with E-state index < -0.39 is 19.9 Å². The molecule has 0 aromatic heterocycles. The predicted octanol–water partition coefficient (Wildman–Crippen LogP) is 3.36. The van der Waals surface area contributed by atoms with Gasteiger partial charge >= 0.3 is 0 Å². The molecule has 0 saturated heterocycles. The van der Waals surface area contributed by atoms with Gasteiger partial charge in [-0.15, -0.1) is 0 Å². The fourth-order valence-electron chi connectivity index (χ4n) is 2.31. The second-order valence-corrected chi connectivity index (χ2v) is 7.99. The molecule has 3 aromatic carbocycles. The number of hydrogen-bond acceptors (Lipinski definition) is 2. The van der Waals surface area contributed by atoms with E-state index in [9.17, 15) is 0 Å². The smallest absolute Gasteiger partial charge is 0.300 e. The second kappa shape index (κ2) is 14.7. The summed E-state index contributed by atoms with van der Waals surface area (Å²) in [6, 6.07) is 32.5. The molecule has 6 heteroatoms. The van der Waals surface area contributed by atoms with E-state index in [1.165, 1.54) is 15.9 Å². The number of carbonyl (C=O) groups is 2. The second-order valence-electron chi connectivity index (χ2n) is 5.51. The van der Waals surface area contributed by atoms with Crippen LogP contribution in [0, 0.1) is 0 Å². The molecule has 2 N–H and O–H groups in total. The van der Waals surface area contributed by atoms with E-state index in [0.29, 0.717) is 0 Å². The molecule has 150 valence electrons. The molecular formula is C22H24O4PPd+. The summed E-state index contributed by atoms with van der Waals surface area (Å²) < 4.78 is 0. The topological polar surface area (TPSA) is 74.6 Å². The van der Waals surface area contributed by atoms with E-state index in [-0.39, 0.29) is 20.4 Å². The van der Waals surface area contributed by atoms with E-state index in [2.05, 4.69) is 91.0 Å². The van der Waals surface area contributed by atoms with Crippen molar-refractivity contribution in [3.63, 3.8) is 0 Å². The summed E-state index contributed by atoms with van der Waals surface area (Å²) in [7, 11) is -0.877. The molecule has 3 aromatic rings. The molecule has 28 heavy (non-hydrogen) atoms. The molecule has 0 fully saturated rings. The Bertz CT molecular complexity index is 698. The van der Waals surface area contributed by atoms with Crippen molar-refractivity contribution in [1.29, 1.82) is 0 Å². The zero-order chi connectivity index (χ0) is 20.1. The molecular weight excluding hydrogens is 466 g/mol. The SMILES string of the molecule is CC(=O)O.CC(=O)O.[Pd].c1ccc([PH+](c2ccccc2)c2ccccc2)cc1. The average Bonchev–Trinajstić information content (AvgIpc) is 2.64. The molecule has 0 aliphatic rings. The van der Waals surface area contributed by atoms with Crippen LogP contribution in [0.15, 0.2) is 91.0 Å². The summed E-state index contributed by atoms with van der Waals surface area (Å²) in [6.07, 6.45) is 0. The van der Waals surface area contributed by atoms with Gasteiger partial charge in [0.05, 0.1) is 7.92 Å². The minimum atomic E-state index is -0.877. The third kappa shape index (κ3) is 10.7. The molecule has 0 bridgehead atoms. The van der Waals surface area contributed by atoms with Crippen LogP contribution >= 0.6 is 7.92 Å². The summed E-state index contributed by atoms with van der Waals surface area (Å²) in [5, 5.41) is 19.1. The number of carboxylic acids is 2. The van der Waals surface area contributed by atoms with Gasteiger partial charge < -0.3 is 10.2 Å². The minimum absolute atomic E-state index is 0. The van der Waals surface area contributed by atoms with Crippen molar-refractivity contribution in [2.75, 3.05) is 0 Å². The van der Waals surface area contributed by atoms with Crippen LogP contribution in [-0.4, -0.2) is 22.2 Å². The Morgan fingerprint density at radius 3 is 0.929 bits per heavy atom. The third-order valence-electron chi connectivity index (χ3n) is 3.19. The molecule has 0 amide bonds. The standard InChI is InChI=1S/C18H15P.2C2H4O2.Pd/c1-4-10-16(11-5-1)19(17-12-6-2-7-13-17)18-14-8-3-9-15-18;2*1-2(3)4;/h1-15H;2*1H3,(H,3,4);/p+1. The van der Waals surface area contributed by atoms with Crippen molar-refractivity contribution in [3.8, 4) is 0 Å². The zero-order valence-electron chi connectivity index (χ0n) is 15.7. The summed E-state index contributed by atoms with van der Waals surface area (Å²) in [4.78, 5) is 18.0. The molecule has 0 atom stereocenters. The molecule has 4 nitrogen and oxygen atoms in total. The van der Waals surface area contributed by atoms with Crippen LogP contribution in [0.2, 0.25) is 0 Å². The fraction of sp³-hybridized carbons (Fsp3) is 0.0909. The van der Waals surface area contributed by atoms with E-state index >= 15 is 0 Å². The molecule has 0 unspecified atom stereocenters. The summed E-state index contributed by atoms with van der Waals surface area (Å²) in [5.41, 5.74) is 0. The van der Waals surface area contributed by atoms with Gasteiger partial charge in [-0.25, -0.2) is 0 Å². The summed E-state index contributed by atoms with van der Waals surface area (Å²) >= 11 is 0. The number of benzene rings is 3. The monoisotopic (exact) mass is 489 g/mol. The van der Waals surface area contributed by atoms with Gasteiger partial charge in [0.25, 0.3) is 11.9 Å². The van der Waals surface area contributed by atoms with Crippen LogP contribution < -0.4 is 15.9 Å². The Labute approximate surface area is 180 Å². The van der Waals surface area contributed by atoms with Gasteiger partial charge in [-0.3, -0.25) is 9.59 Å². The first-order valence-corrected chi connectivity index (χ1v) is 9.84. The maximum atomic E-state index is 9.00. The average molecular weight is 490 g/mol. The molecule has 0 aliphatic carbocycles. The van der Waals surface area contributed by atoms with Gasteiger partial charge in [0, 0.05) is 34.3 Å². The van der Waals surface area contributed by atoms with Gasteiger partial charge in [0.1, 0.15) is 15.9 Å². The number of rotatable bonds is 3. The minimum Gasteiger partial charge on any atom is -0.481 e. The Kier molecular flexibility index (Phi) is 13.5. The first kappa shape index (κ1) is 25.7. The van der Waals surface area contributed by atoms with Crippen molar-refractivity contribution in [1.82, 2.24) is 0 Å². The molecule has 0 heterocycles. The van der Waals surface area contributed by atoms with Crippen LogP contribution in [-0.2, 0) is 30.0 Å². The molecule has 0 spiro atoms. The van der Waals surface area contributed by atoms with E-state index in [1.807, 2.05) is 0 Å². The Hall–Kier alpha value is -2.31. The van der Waals surface area contributed by atoms with E-state index in [4.69, 9.17) is 19.8 Å². The van der Waals surface area contributed by atoms with E-state index in [1.54, 1.807) is 0 Å². The number of carboxylic acid groups (broad SMARTS) is 2. The van der Waals surface area contributed by atoms with Crippen molar-refractivity contribution < 1.29 is 40.2 Å². The van der Waals surface area contributed by atoms with Gasteiger partial charge in [0.2, 0.25) is 0 Å². The van der Waals surface area contributed by atoms with Crippen LogP contribution in [0.4, 0.5) is 0 Å². The summed E-state index contributed by atoms with van der Waals surface area (Å²) in [5.74, 6) is -1.67. The quantitative estimate of drug-likeness (QED) is 0.437. The normalized spacial score (nSPS) is 8.96. The zero-order valence-corrected chi connectivity index (χ0v) is 18.2. The van der Waals surface area contributed by atoms with Crippen LogP contribution in [0.3, 0.4) is 0 Å². The number of hydrogen-bond donors (Lipinski definition) is 2. The van der Waals surface area contributed by atoms with Crippen molar-refractivity contribution in [2.45, 2.75) is 13.8 Å². The fourth-order valence-corrected chi connectivity index (χ4v) is 4.89. The van der Waals surface area contributed by atoms with E-state index in [0.717, 1.165) is 13.8 Å². The first-order chi connectivity index (χ1) is 12.9. The van der Waals surface area contributed by atoms with Crippen molar-refractivity contribution in [3.05, 3.63) is 91.0 Å². The predicted molar refractivity (Wildman–Crippen MR) is 113 cm³/mol. The van der Waals surface area contributed by atoms with Gasteiger partial charge in [-0.05, 0) is 36.4 Å². The number of aliphatic carboxylic acids is 2. The van der Waals surface area contributed by atoms with Crippen molar-refractivity contribution >= 4 is 35.8 Å². The van der Waals surface area contributed by atoms with Gasteiger partial charge in [-0.2, -0.15) is 0 Å².